The topological polar surface area (TPSA) is 88.3 Å². The first-order valence-corrected chi connectivity index (χ1v) is 9.17. The van der Waals surface area contributed by atoms with Gasteiger partial charge in [-0.15, -0.1) is 0 Å². The second kappa shape index (κ2) is 7.59. The lowest BCUT2D eigenvalue weighted by molar-refractivity contribution is -0.384. The minimum atomic E-state index is -0.496. The van der Waals surface area contributed by atoms with Crippen molar-refractivity contribution in [1.82, 2.24) is 4.98 Å². The lowest BCUT2D eigenvalue weighted by Gasteiger charge is -2.22. The van der Waals surface area contributed by atoms with Gasteiger partial charge in [0, 0.05) is 23.2 Å². The molecule has 144 valence electrons. The van der Waals surface area contributed by atoms with Crippen LogP contribution in [0.1, 0.15) is 22.7 Å². The number of phenolic OH excluding ortho intramolecular Hbond substituents is 1. The SMILES string of the molecule is Cc1ccc(NC(c2ccccc2)c2ccc3cccnc3c2O)c([N+](=O)[O-])c1. The van der Waals surface area contributed by atoms with E-state index in [1.165, 1.54) is 6.07 Å². The minimum Gasteiger partial charge on any atom is -0.505 e. The third-order valence-electron chi connectivity index (χ3n) is 4.87. The number of nitrogens with zero attached hydrogens (tertiary/aromatic N) is 2. The number of nitro benzene ring substituents is 1. The summed E-state index contributed by atoms with van der Waals surface area (Å²) in [5.41, 5.74) is 3.13. The maximum absolute atomic E-state index is 11.6. The maximum atomic E-state index is 11.6. The fourth-order valence-corrected chi connectivity index (χ4v) is 3.43. The fraction of sp³-hybridized carbons (Fsp3) is 0.0870. The molecule has 1 heterocycles. The van der Waals surface area contributed by atoms with Gasteiger partial charge in [0.1, 0.15) is 17.0 Å². The second-order valence-corrected chi connectivity index (χ2v) is 6.84. The van der Waals surface area contributed by atoms with Gasteiger partial charge in [-0.1, -0.05) is 54.6 Å². The van der Waals surface area contributed by atoms with Crippen molar-refractivity contribution in [3.63, 3.8) is 0 Å². The average Bonchev–Trinajstić information content (AvgIpc) is 2.74. The Balaban J connectivity index is 1.87. The van der Waals surface area contributed by atoms with Crippen LogP contribution in [0.15, 0.2) is 79.0 Å². The largest absolute Gasteiger partial charge is 0.505 e. The average molecular weight is 385 g/mol. The number of benzene rings is 3. The zero-order valence-electron chi connectivity index (χ0n) is 15.7. The number of pyridine rings is 1. The number of hydrogen-bond acceptors (Lipinski definition) is 5. The van der Waals surface area contributed by atoms with Crippen LogP contribution in [0.5, 0.6) is 5.75 Å². The number of rotatable bonds is 5. The number of nitrogens with one attached hydrogen (secondary N) is 1. The van der Waals surface area contributed by atoms with Crippen molar-refractivity contribution in [1.29, 1.82) is 0 Å². The number of hydrogen-bond donors (Lipinski definition) is 2. The van der Waals surface area contributed by atoms with Gasteiger partial charge in [0.05, 0.1) is 11.0 Å². The molecular formula is C23H19N3O3. The van der Waals surface area contributed by atoms with Crippen LogP contribution in [-0.4, -0.2) is 15.0 Å². The number of phenols is 1. The number of aromatic hydroxyl groups is 1. The Morgan fingerprint density at radius 2 is 1.83 bits per heavy atom. The summed E-state index contributed by atoms with van der Waals surface area (Å²) in [6, 6.07) is 21.5. The number of nitro groups is 1. The summed E-state index contributed by atoms with van der Waals surface area (Å²) in [6.07, 6.45) is 1.63. The fourth-order valence-electron chi connectivity index (χ4n) is 3.43. The highest BCUT2D eigenvalue weighted by Crippen LogP contribution is 2.38. The molecule has 0 amide bonds. The second-order valence-electron chi connectivity index (χ2n) is 6.84. The molecule has 0 aliphatic rings. The predicted octanol–water partition coefficient (Wildman–Crippen LogP) is 5.36. The summed E-state index contributed by atoms with van der Waals surface area (Å²) in [4.78, 5) is 15.5. The molecule has 0 saturated carbocycles. The van der Waals surface area contributed by atoms with Crippen LogP contribution in [0.2, 0.25) is 0 Å². The van der Waals surface area contributed by atoms with Crippen molar-refractivity contribution in [2.75, 3.05) is 5.32 Å². The molecule has 0 saturated heterocycles. The molecule has 0 fully saturated rings. The van der Waals surface area contributed by atoms with E-state index in [1.54, 1.807) is 12.3 Å². The highest BCUT2D eigenvalue weighted by atomic mass is 16.6. The number of fused-ring (bicyclic) bond motifs is 1. The third-order valence-corrected chi connectivity index (χ3v) is 4.87. The maximum Gasteiger partial charge on any atom is 0.292 e. The van der Waals surface area contributed by atoms with Gasteiger partial charge in [-0.2, -0.15) is 0 Å². The molecule has 4 aromatic rings. The standard InChI is InChI=1S/C23H19N3O3/c1-15-9-12-19(20(14-15)26(28)29)25-21(16-6-3-2-4-7-16)18-11-10-17-8-5-13-24-22(17)23(18)27/h2-14,21,25,27H,1H3. The van der Waals surface area contributed by atoms with Gasteiger partial charge in [0.2, 0.25) is 0 Å². The van der Waals surface area contributed by atoms with Crippen molar-refractivity contribution in [2.24, 2.45) is 0 Å². The Morgan fingerprint density at radius 1 is 1.03 bits per heavy atom. The van der Waals surface area contributed by atoms with E-state index in [0.717, 1.165) is 16.5 Å². The summed E-state index contributed by atoms with van der Waals surface area (Å²) < 4.78 is 0. The van der Waals surface area contributed by atoms with Gasteiger partial charge in [0.25, 0.3) is 5.69 Å². The molecule has 1 unspecified atom stereocenters. The lowest BCUT2D eigenvalue weighted by Crippen LogP contribution is -2.14. The molecule has 1 aromatic heterocycles. The zero-order chi connectivity index (χ0) is 20.4. The smallest absolute Gasteiger partial charge is 0.292 e. The molecule has 2 N–H and O–H groups in total. The van der Waals surface area contributed by atoms with Crippen LogP contribution in [0.4, 0.5) is 11.4 Å². The molecule has 4 rings (SSSR count). The van der Waals surface area contributed by atoms with Crippen LogP contribution < -0.4 is 5.32 Å². The summed E-state index contributed by atoms with van der Waals surface area (Å²) in [6.45, 7) is 1.81. The summed E-state index contributed by atoms with van der Waals surface area (Å²) in [7, 11) is 0. The summed E-state index contributed by atoms with van der Waals surface area (Å²) >= 11 is 0. The molecule has 3 aromatic carbocycles. The van der Waals surface area contributed by atoms with Crippen LogP contribution in [0.3, 0.4) is 0 Å². The number of aromatic nitrogens is 1. The van der Waals surface area contributed by atoms with Gasteiger partial charge in [-0.25, -0.2) is 0 Å². The summed E-state index contributed by atoms with van der Waals surface area (Å²) in [5.74, 6) is 0.0548. The first kappa shape index (κ1) is 18.4. The van der Waals surface area contributed by atoms with E-state index in [2.05, 4.69) is 10.3 Å². The monoisotopic (exact) mass is 385 g/mol. The van der Waals surface area contributed by atoms with E-state index in [1.807, 2.05) is 67.6 Å². The van der Waals surface area contributed by atoms with Crippen molar-refractivity contribution < 1.29 is 10.0 Å². The molecule has 6 heteroatoms. The molecule has 0 aliphatic carbocycles. The van der Waals surface area contributed by atoms with Crippen LogP contribution in [-0.2, 0) is 0 Å². The number of aryl methyl sites for hydroxylation is 1. The first-order valence-electron chi connectivity index (χ1n) is 9.17. The van der Waals surface area contributed by atoms with E-state index in [9.17, 15) is 15.2 Å². The van der Waals surface area contributed by atoms with E-state index in [-0.39, 0.29) is 11.4 Å². The van der Waals surface area contributed by atoms with Crippen LogP contribution >= 0.6 is 0 Å². The molecule has 29 heavy (non-hydrogen) atoms. The molecule has 0 aliphatic heterocycles. The van der Waals surface area contributed by atoms with E-state index >= 15 is 0 Å². The molecule has 0 spiro atoms. The lowest BCUT2D eigenvalue weighted by atomic mass is 9.95. The Hall–Kier alpha value is -3.93. The van der Waals surface area contributed by atoms with Crippen molar-refractivity contribution in [2.45, 2.75) is 13.0 Å². The Labute approximate surface area is 167 Å². The van der Waals surface area contributed by atoms with Gasteiger partial charge < -0.3 is 10.4 Å². The van der Waals surface area contributed by atoms with E-state index in [4.69, 9.17) is 0 Å². The van der Waals surface area contributed by atoms with Crippen molar-refractivity contribution >= 4 is 22.3 Å². The third kappa shape index (κ3) is 3.60. The predicted molar refractivity (Wildman–Crippen MR) is 113 cm³/mol. The molecule has 0 radical (unpaired) electrons. The first-order chi connectivity index (χ1) is 14.0. The Bertz CT molecular complexity index is 1190. The normalized spacial score (nSPS) is 11.9. The Kier molecular flexibility index (Phi) is 4.83. The van der Waals surface area contributed by atoms with Crippen LogP contribution in [0, 0.1) is 17.0 Å². The molecular weight excluding hydrogens is 366 g/mol. The highest BCUT2D eigenvalue weighted by molar-refractivity contribution is 5.86. The van der Waals surface area contributed by atoms with Crippen LogP contribution in [0.25, 0.3) is 10.9 Å². The van der Waals surface area contributed by atoms with Gasteiger partial charge >= 0.3 is 0 Å². The number of anilines is 1. The Morgan fingerprint density at radius 3 is 2.59 bits per heavy atom. The molecule has 6 nitrogen and oxygen atoms in total. The highest BCUT2D eigenvalue weighted by Gasteiger charge is 2.23. The quantitative estimate of drug-likeness (QED) is 0.357. The summed E-state index contributed by atoms with van der Waals surface area (Å²) in [5, 5.41) is 26.6. The van der Waals surface area contributed by atoms with E-state index in [0.29, 0.717) is 16.8 Å². The zero-order valence-corrected chi connectivity index (χ0v) is 15.7. The van der Waals surface area contributed by atoms with Gasteiger partial charge in [-0.05, 0) is 30.2 Å². The van der Waals surface area contributed by atoms with Gasteiger partial charge in [-0.3, -0.25) is 15.1 Å². The molecule has 1 atom stereocenters. The van der Waals surface area contributed by atoms with Gasteiger partial charge in [0.15, 0.2) is 0 Å². The van der Waals surface area contributed by atoms with E-state index < -0.39 is 11.0 Å². The van der Waals surface area contributed by atoms with Crippen molar-refractivity contribution in [3.05, 3.63) is 106 Å². The molecule has 0 bridgehead atoms. The van der Waals surface area contributed by atoms with Crippen molar-refractivity contribution in [3.8, 4) is 5.75 Å². The minimum absolute atomic E-state index is 0.00987.